The number of rotatable bonds is 4. The maximum absolute atomic E-state index is 11.3. The van der Waals surface area contributed by atoms with Crippen molar-refractivity contribution in [3.05, 3.63) is 25.9 Å². The van der Waals surface area contributed by atoms with Gasteiger partial charge in [0.2, 0.25) is 0 Å². The second-order valence-electron chi connectivity index (χ2n) is 2.80. The Morgan fingerprint density at radius 2 is 2.36 bits per heavy atom. The molecular formula is C9H13IN2O2. The van der Waals surface area contributed by atoms with E-state index >= 15 is 0 Å². The van der Waals surface area contributed by atoms with Crippen molar-refractivity contribution < 1.29 is 4.74 Å². The lowest BCUT2D eigenvalue weighted by atomic mass is 10.2. The number of aromatic amines is 1. The van der Waals surface area contributed by atoms with Gasteiger partial charge in [0.15, 0.2) is 0 Å². The molecule has 1 aromatic heterocycles. The molecule has 1 aromatic rings. The molecule has 0 fully saturated rings. The molecule has 5 heteroatoms. The first kappa shape index (κ1) is 11.6. The molecule has 0 aliphatic carbocycles. The Hall–Kier alpha value is -0.430. The molecule has 0 radical (unpaired) electrons. The van der Waals surface area contributed by atoms with Crippen LogP contribution in [0.3, 0.4) is 0 Å². The van der Waals surface area contributed by atoms with Crippen LogP contribution in [0.25, 0.3) is 0 Å². The van der Waals surface area contributed by atoms with E-state index in [9.17, 15) is 4.79 Å². The molecule has 1 unspecified atom stereocenters. The molecule has 1 heterocycles. The molecule has 14 heavy (non-hydrogen) atoms. The average Bonchev–Trinajstić information content (AvgIpc) is 2.19. The Kier molecular flexibility index (Phi) is 4.53. The number of halogens is 1. The number of hydrogen-bond donors (Lipinski definition) is 1. The summed E-state index contributed by atoms with van der Waals surface area (Å²) in [6, 6.07) is 0. The van der Waals surface area contributed by atoms with E-state index in [4.69, 9.17) is 4.74 Å². The summed E-state index contributed by atoms with van der Waals surface area (Å²) in [4.78, 5) is 18.2. The summed E-state index contributed by atoms with van der Waals surface area (Å²) in [7, 11) is 0. The van der Waals surface area contributed by atoms with Crippen molar-refractivity contribution >= 4 is 22.6 Å². The minimum Gasteiger partial charge on any atom is -0.371 e. The second-order valence-corrected chi connectivity index (χ2v) is 3.96. The van der Waals surface area contributed by atoms with E-state index in [-0.39, 0.29) is 11.7 Å². The Morgan fingerprint density at radius 3 is 2.86 bits per heavy atom. The molecule has 0 aromatic carbocycles. The molecule has 1 N–H and O–H groups in total. The normalized spacial score (nSPS) is 12.8. The molecule has 1 atom stereocenters. The van der Waals surface area contributed by atoms with Gasteiger partial charge in [-0.25, -0.2) is 4.98 Å². The van der Waals surface area contributed by atoms with Gasteiger partial charge in [-0.2, -0.15) is 0 Å². The molecule has 0 saturated carbocycles. The first-order chi connectivity index (χ1) is 6.69. The van der Waals surface area contributed by atoms with Crippen molar-refractivity contribution in [1.29, 1.82) is 0 Å². The molecule has 0 aliphatic rings. The summed E-state index contributed by atoms with van der Waals surface area (Å²) in [6.45, 7) is 4.54. The maximum Gasteiger partial charge on any atom is 0.264 e. The molecule has 0 saturated heterocycles. The van der Waals surface area contributed by atoms with Crippen molar-refractivity contribution in [2.75, 3.05) is 6.61 Å². The predicted molar refractivity (Wildman–Crippen MR) is 62.2 cm³/mol. The fraction of sp³-hybridized carbons (Fsp3) is 0.556. The third kappa shape index (κ3) is 2.78. The van der Waals surface area contributed by atoms with Crippen LogP contribution in [0.4, 0.5) is 0 Å². The summed E-state index contributed by atoms with van der Waals surface area (Å²) < 4.78 is 6.03. The van der Waals surface area contributed by atoms with Crippen LogP contribution in [-0.2, 0) is 4.74 Å². The third-order valence-corrected chi connectivity index (χ3v) is 2.59. The van der Waals surface area contributed by atoms with Crippen molar-refractivity contribution in [3.8, 4) is 0 Å². The van der Waals surface area contributed by atoms with Gasteiger partial charge in [0.05, 0.1) is 3.57 Å². The quantitative estimate of drug-likeness (QED) is 0.864. The highest BCUT2D eigenvalue weighted by molar-refractivity contribution is 14.1. The standard InChI is InChI=1S/C9H13IN2O2/c1-3-7(14-4-2)8-11-5-6(10)9(13)12-8/h5,7H,3-4H2,1-2H3,(H,11,12,13). The van der Waals surface area contributed by atoms with Gasteiger partial charge in [0.25, 0.3) is 5.56 Å². The van der Waals surface area contributed by atoms with E-state index < -0.39 is 0 Å². The Bertz CT molecular complexity index is 351. The van der Waals surface area contributed by atoms with E-state index in [1.165, 1.54) is 0 Å². The van der Waals surface area contributed by atoms with Crippen LogP contribution in [0.2, 0.25) is 0 Å². The van der Waals surface area contributed by atoms with Crippen molar-refractivity contribution in [2.45, 2.75) is 26.4 Å². The highest BCUT2D eigenvalue weighted by Gasteiger charge is 2.11. The molecule has 0 amide bonds. The largest absolute Gasteiger partial charge is 0.371 e. The van der Waals surface area contributed by atoms with E-state index in [2.05, 4.69) is 9.97 Å². The molecule has 0 aliphatic heterocycles. The summed E-state index contributed by atoms with van der Waals surface area (Å²) in [5, 5.41) is 0. The molecule has 0 spiro atoms. The molecular weight excluding hydrogens is 295 g/mol. The predicted octanol–water partition coefficient (Wildman–Crippen LogP) is 1.86. The lowest BCUT2D eigenvalue weighted by Gasteiger charge is -2.13. The second kappa shape index (κ2) is 5.45. The average molecular weight is 308 g/mol. The van der Waals surface area contributed by atoms with Gasteiger partial charge < -0.3 is 9.72 Å². The number of nitrogens with zero attached hydrogens (tertiary/aromatic N) is 1. The van der Waals surface area contributed by atoms with Crippen molar-refractivity contribution in [3.63, 3.8) is 0 Å². The van der Waals surface area contributed by atoms with Crippen LogP contribution < -0.4 is 5.56 Å². The van der Waals surface area contributed by atoms with Crippen LogP contribution in [0.15, 0.2) is 11.0 Å². The van der Waals surface area contributed by atoms with Crippen LogP contribution in [0.5, 0.6) is 0 Å². The summed E-state index contributed by atoms with van der Waals surface area (Å²) >= 11 is 1.95. The Balaban J connectivity index is 2.93. The van der Waals surface area contributed by atoms with Gasteiger partial charge in [-0.15, -0.1) is 0 Å². The zero-order chi connectivity index (χ0) is 10.6. The minimum absolute atomic E-state index is 0.103. The number of aromatic nitrogens is 2. The van der Waals surface area contributed by atoms with E-state index in [0.29, 0.717) is 16.0 Å². The molecule has 78 valence electrons. The summed E-state index contributed by atoms with van der Waals surface area (Å²) in [6.07, 6.45) is 2.26. The minimum atomic E-state index is -0.107. The molecule has 4 nitrogen and oxygen atoms in total. The van der Waals surface area contributed by atoms with Crippen LogP contribution in [0.1, 0.15) is 32.2 Å². The van der Waals surface area contributed by atoms with Gasteiger partial charge in [0, 0.05) is 12.8 Å². The first-order valence-electron chi connectivity index (χ1n) is 4.55. The van der Waals surface area contributed by atoms with E-state index in [0.717, 1.165) is 6.42 Å². The highest BCUT2D eigenvalue weighted by atomic mass is 127. The van der Waals surface area contributed by atoms with Crippen molar-refractivity contribution in [1.82, 2.24) is 9.97 Å². The van der Waals surface area contributed by atoms with Gasteiger partial charge in [-0.05, 0) is 35.9 Å². The first-order valence-corrected chi connectivity index (χ1v) is 5.63. The number of ether oxygens (including phenoxy) is 1. The number of H-pyrrole nitrogens is 1. The lowest BCUT2D eigenvalue weighted by molar-refractivity contribution is 0.0532. The van der Waals surface area contributed by atoms with Gasteiger partial charge in [-0.3, -0.25) is 4.79 Å². The lowest BCUT2D eigenvalue weighted by Crippen LogP contribution is -2.17. The van der Waals surface area contributed by atoms with Crippen LogP contribution in [0, 0.1) is 3.57 Å². The monoisotopic (exact) mass is 308 g/mol. The highest BCUT2D eigenvalue weighted by Crippen LogP contribution is 2.15. The van der Waals surface area contributed by atoms with E-state index in [1.807, 2.05) is 36.4 Å². The summed E-state index contributed by atoms with van der Waals surface area (Å²) in [5.41, 5.74) is -0.103. The van der Waals surface area contributed by atoms with E-state index in [1.54, 1.807) is 6.20 Å². The van der Waals surface area contributed by atoms with Gasteiger partial charge >= 0.3 is 0 Å². The SMILES string of the molecule is CCOC(CC)c1ncc(I)c(=O)[nH]1. The fourth-order valence-electron chi connectivity index (χ4n) is 1.15. The third-order valence-electron chi connectivity index (χ3n) is 1.82. The topological polar surface area (TPSA) is 55.0 Å². The zero-order valence-corrected chi connectivity index (χ0v) is 10.4. The Labute approximate surface area is 96.2 Å². The molecule has 0 bridgehead atoms. The van der Waals surface area contributed by atoms with Crippen LogP contribution >= 0.6 is 22.6 Å². The number of hydrogen-bond acceptors (Lipinski definition) is 3. The van der Waals surface area contributed by atoms with Gasteiger partial charge in [-0.1, -0.05) is 6.92 Å². The zero-order valence-electron chi connectivity index (χ0n) is 8.21. The summed E-state index contributed by atoms with van der Waals surface area (Å²) in [5.74, 6) is 0.611. The fourth-order valence-corrected chi connectivity index (χ4v) is 1.42. The van der Waals surface area contributed by atoms with Crippen LogP contribution in [-0.4, -0.2) is 16.6 Å². The smallest absolute Gasteiger partial charge is 0.264 e. The Morgan fingerprint density at radius 1 is 1.64 bits per heavy atom. The molecule has 1 rings (SSSR count). The van der Waals surface area contributed by atoms with Crippen molar-refractivity contribution in [2.24, 2.45) is 0 Å². The van der Waals surface area contributed by atoms with Gasteiger partial charge in [0.1, 0.15) is 11.9 Å². The number of nitrogens with one attached hydrogen (secondary N) is 1. The maximum atomic E-state index is 11.3.